The Kier molecular flexibility index (Phi) is 4.53. The van der Waals surface area contributed by atoms with Crippen LogP contribution in [-0.4, -0.2) is 22.0 Å². The van der Waals surface area contributed by atoms with Crippen molar-refractivity contribution in [1.29, 1.82) is 0 Å². The second-order valence-corrected chi connectivity index (χ2v) is 5.01. The van der Waals surface area contributed by atoms with Gasteiger partial charge < -0.3 is 4.74 Å². The van der Waals surface area contributed by atoms with E-state index in [9.17, 15) is 4.79 Å². The maximum absolute atomic E-state index is 11.9. The number of carbonyl (C=O) groups is 1. The van der Waals surface area contributed by atoms with Gasteiger partial charge in [0, 0.05) is 0 Å². The molecule has 1 aromatic heterocycles. The van der Waals surface area contributed by atoms with Crippen molar-refractivity contribution in [3.05, 3.63) is 23.2 Å². The predicted octanol–water partition coefficient (Wildman–Crippen LogP) is 3.26. The van der Waals surface area contributed by atoms with E-state index in [2.05, 4.69) is 16.9 Å². The van der Waals surface area contributed by atoms with Crippen LogP contribution < -0.4 is 0 Å². The first kappa shape index (κ1) is 13.3. The summed E-state index contributed by atoms with van der Waals surface area (Å²) in [6.45, 7) is 2.14. The standard InChI is InChI=1S/C13H17ClN2O2/c1-2-9-5-3-4-6-11(9)18-13(17)10-7-16-12(14)8-15-10/h7-9,11H,2-6H2,1H3. The zero-order chi connectivity index (χ0) is 13.0. The molecule has 1 fully saturated rings. The van der Waals surface area contributed by atoms with Gasteiger partial charge in [0.05, 0.1) is 12.4 Å². The van der Waals surface area contributed by atoms with Crippen molar-refractivity contribution < 1.29 is 9.53 Å². The van der Waals surface area contributed by atoms with Gasteiger partial charge in [-0.25, -0.2) is 14.8 Å². The van der Waals surface area contributed by atoms with E-state index in [1.165, 1.54) is 18.8 Å². The van der Waals surface area contributed by atoms with Crippen LogP contribution in [0.1, 0.15) is 49.5 Å². The molecule has 2 rings (SSSR count). The van der Waals surface area contributed by atoms with Crippen molar-refractivity contribution >= 4 is 17.6 Å². The molecular weight excluding hydrogens is 252 g/mol. The van der Waals surface area contributed by atoms with Gasteiger partial charge in [0.25, 0.3) is 0 Å². The Bertz CT molecular complexity index is 408. The number of hydrogen-bond acceptors (Lipinski definition) is 4. The van der Waals surface area contributed by atoms with Gasteiger partial charge in [0.2, 0.25) is 0 Å². The summed E-state index contributed by atoms with van der Waals surface area (Å²) in [5, 5.41) is 0.274. The average molecular weight is 269 g/mol. The number of carbonyl (C=O) groups excluding carboxylic acids is 1. The molecule has 1 aromatic rings. The summed E-state index contributed by atoms with van der Waals surface area (Å²) in [6, 6.07) is 0. The Morgan fingerprint density at radius 1 is 1.39 bits per heavy atom. The maximum atomic E-state index is 11.9. The highest BCUT2D eigenvalue weighted by Gasteiger charge is 2.27. The Balaban J connectivity index is 1.99. The number of halogens is 1. The van der Waals surface area contributed by atoms with Gasteiger partial charge in [0.15, 0.2) is 5.69 Å². The van der Waals surface area contributed by atoms with Gasteiger partial charge in [-0.3, -0.25) is 0 Å². The lowest BCUT2D eigenvalue weighted by Gasteiger charge is -2.30. The molecule has 1 saturated carbocycles. The summed E-state index contributed by atoms with van der Waals surface area (Å²) >= 11 is 5.63. The highest BCUT2D eigenvalue weighted by molar-refractivity contribution is 6.29. The van der Waals surface area contributed by atoms with Gasteiger partial charge in [-0.05, 0) is 31.6 Å². The molecule has 0 aromatic carbocycles. The minimum absolute atomic E-state index is 0.0220. The first-order chi connectivity index (χ1) is 8.70. The molecule has 18 heavy (non-hydrogen) atoms. The molecule has 0 N–H and O–H groups in total. The predicted molar refractivity (Wildman–Crippen MR) is 68.5 cm³/mol. The van der Waals surface area contributed by atoms with E-state index in [4.69, 9.17) is 16.3 Å². The van der Waals surface area contributed by atoms with Crippen molar-refractivity contribution in [1.82, 2.24) is 9.97 Å². The van der Waals surface area contributed by atoms with Crippen LogP contribution in [0.4, 0.5) is 0 Å². The minimum atomic E-state index is -0.399. The molecule has 0 spiro atoms. The lowest BCUT2D eigenvalue weighted by atomic mass is 9.85. The SMILES string of the molecule is CCC1CCCCC1OC(=O)c1cnc(Cl)cn1. The second kappa shape index (κ2) is 6.14. The summed E-state index contributed by atoms with van der Waals surface area (Å²) < 4.78 is 5.54. The van der Waals surface area contributed by atoms with Crippen molar-refractivity contribution in [3.8, 4) is 0 Å². The van der Waals surface area contributed by atoms with Gasteiger partial charge in [-0.15, -0.1) is 0 Å². The number of rotatable bonds is 3. The Labute approximate surface area is 112 Å². The van der Waals surface area contributed by atoms with Crippen LogP contribution in [0.25, 0.3) is 0 Å². The second-order valence-electron chi connectivity index (χ2n) is 4.62. The number of esters is 1. The zero-order valence-corrected chi connectivity index (χ0v) is 11.2. The highest BCUT2D eigenvalue weighted by atomic mass is 35.5. The molecule has 5 heteroatoms. The summed E-state index contributed by atoms with van der Waals surface area (Å²) in [7, 11) is 0. The third-order valence-electron chi connectivity index (χ3n) is 3.45. The maximum Gasteiger partial charge on any atom is 0.358 e. The van der Waals surface area contributed by atoms with E-state index in [0.717, 1.165) is 25.7 Å². The van der Waals surface area contributed by atoms with Crippen molar-refractivity contribution in [2.24, 2.45) is 5.92 Å². The molecule has 0 aliphatic heterocycles. The number of hydrogen-bond donors (Lipinski definition) is 0. The molecule has 1 aliphatic carbocycles. The van der Waals surface area contributed by atoms with Crippen LogP contribution >= 0.6 is 11.6 Å². The van der Waals surface area contributed by atoms with Crippen LogP contribution in [-0.2, 0) is 4.74 Å². The molecule has 0 radical (unpaired) electrons. The van der Waals surface area contributed by atoms with Gasteiger partial charge >= 0.3 is 5.97 Å². The molecule has 1 aliphatic rings. The third kappa shape index (κ3) is 3.19. The van der Waals surface area contributed by atoms with E-state index < -0.39 is 5.97 Å². The lowest BCUT2D eigenvalue weighted by Crippen LogP contribution is -2.30. The summed E-state index contributed by atoms with van der Waals surface area (Å²) in [6.07, 6.45) is 8.23. The summed E-state index contributed by atoms with van der Waals surface area (Å²) in [5.41, 5.74) is 0.222. The molecule has 4 nitrogen and oxygen atoms in total. The quantitative estimate of drug-likeness (QED) is 0.790. The number of aromatic nitrogens is 2. The first-order valence-electron chi connectivity index (χ1n) is 6.39. The molecule has 1 heterocycles. The van der Waals surface area contributed by atoms with Gasteiger partial charge in [0.1, 0.15) is 11.3 Å². The van der Waals surface area contributed by atoms with Crippen molar-refractivity contribution in [3.63, 3.8) is 0 Å². The van der Waals surface area contributed by atoms with Crippen LogP contribution in [0.15, 0.2) is 12.4 Å². The minimum Gasteiger partial charge on any atom is -0.457 e. The Morgan fingerprint density at radius 2 is 2.17 bits per heavy atom. The summed E-state index contributed by atoms with van der Waals surface area (Å²) in [4.78, 5) is 19.7. The van der Waals surface area contributed by atoms with E-state index in [-0.39, 0.29) is 17.0 Å². The molecule has 2 atom stereocenters. The smallest absolute Gasteiger partial charge is 0.358 e. The number of nitrogens with zero attached hydrogens (tertiary/aromatic N) is 2. The largest absolute Gasteiger partial charge is 0.457 e. The fraction of sp³-hybridized carbons (Fsp3) is 0.615. The van der Waals surface area contributed by atoms with E-state index in [1.807, 2.05) is 0 Å². The molecule has 0 saturated heterocycles. The van der Waals surface area contributed by atoms with Gasteiger partial charge in [-0.1, -0.05) is 24.9 Å². The third-order valence-corrected chi connectivity index (χ3v) is 3.65. The molecule has 2 unspecified atom stereocenters. The van der Waals surface area contributed by atoms with Crippen molar-refractivity contribution in [2.45, 2.75) is 45.1 Å². The fourth-order valence-electron chi connectivity index (χ4n) is 2.41. The molecule has 0 bridgehead atoms. The average Bonchev–Trinajstić information content (AvgIpc) is 2.40. The normalized spacial score (nSPS) is 23.7. The zero-order valence-electron chi connectivity index (χ0n) is 10.4. The Hall–Kier alpha value is -1.16. The molecule has 0 amide bonds. The fourth-order valence-corrected chi connectivity index (χ4v) is 2.51. The first-order valence-corrected chi connectivity index (χ1v) is 6.77. The number of ether oxygens (including phenoxy) is 1. The lowest BCUT2D eigenvalue weighted by molar-refractivity contribution is 0.0000711. The van der Waals surface area contributed by atoms with Crippen LogP contribution in [0.2, 0.25) is 5.15 Å². The van der Waals surface area contributed by atoms with Crippen LogP contribution in [0, 0.1) is 5.92 Å². The highest BCUT2D eigenvalue weighted by Crippen LogP contribution is 2.29. The van der Waals surface area contributed by atoms with Gasteiger partial charge in [-0.2, -0.15) is 0 Å². The van der Waals surface area contributed by atoms with Crippen molar-refractivity contribution in [2.75, 3.05) is 0 Å². The van der Waals surface area contributed by atoms with E-state index in [1.54, 1.807) is 0 Å². The van der Waals surface area contributed by atoms with Crippen LogP contribution in [0.5, 0.6) is 0 Å². The van der Waals surface area contributed by atoms with Crippen LogP contribution in [0.3, 0.4) is 0 Å². The molecular formula is C13H17ClN2O2. The molecule has 98 valence electrons. The summed E-state index contributed by atoms with van der Waals surface area (Å²) in [5.74, 6) is 0.0764. The monoisotopic (exact) mass is 268 g/mol. The topological polar surface area (TPSA) is 52.1 Å². The van der Waals surface area contributed by atoms with E-state index >= 15 is 0 Å². The van der Waals surface area contributed by atoms with E-state index in [0.29, 0.717) is 5.92 Å². The Morgan fingerprint density at radius 3 is 2.83 bits per heavy atom.